The van der Waals surface area contributed by atoms with Gasteiger partial charge in [0.1, 0.15) is 13.2 Å². The summed E-state index contributed by atoms with van der Waals surface area (Å²) >= 11 is 6.12. The van der Waals surface area contributed by atoms with E-state index in [1.165, 1.54) is 6.07 Å². The fourth-order valence-corrected chi connectivity index (χ4v) is 2.52. The van der Waals surface area contributed by atoms with Crippen LogP contribution in [0.15, 0.2) is 12.1 Å². The van der Waals surface area contributed by atoms with Crippen molar-refractivity contribution in [3.8, 4) is 11.5 Å². The summed E-state index contributed by atoms with van der Waals surface area (Å²) in [6.07, 6.45) is 1.97. The Kier molecular flexibility index (Phi) is 5.14. The molecule has 0 spiro atoms. The number of carbonyl (C=O) groups excluding carboxylic acids is 1. The van der Waals surface area contributed by atoms with Gasteiger partial charge in [-0.1, -0.05) is 24.9 Å². The van der Waals surface area contributed by atoms with E-state index in [-0.39, 0.29) is 12.2 Å². The van der Waals surface area contributed by atoms with Crippen LogP contribution in [-0.4, -0.2) is 39.4 Å². The van der Waals surface area contributed by atoms with E-state index in [2.05, 4.69) is 22.4 Å². The maximum Gasteiger partial charge on any atom is 0.338 e. The highest BCUT2D eigenvalue weighted by Crippen LogP contribution is 2.38. The molecule has 0 fully saturated rings. The van der Waals surface area contributed by atoms with Gasteiger partial charge in [0.25, 0.3) is 0 Å². The maximum atomic E-state index is 12.2. The normalized spacial score (nSPS) is 12.9. The second-order valence-electron chi connectivity index (χ2n) is 5.23. The molecular weight excluding hydrogens is 336 g/mol. The van der Waals surface area contributed by atoms with Crippen molar-refractivity contribution < 1.29 is 19.0 Å². The number of ether oxygens (including phenoxy) is 3. The molecule has 0 unspecified atom stereocenters. The van der Waals surface area contributed by atoms with Crippen molar-refractivity contribution in [1.29, 1.82) is 0 Å². The molecule has 0 amide bonds. The third-order valence-corrected chi connectivity index (χ3v) is 3.78. The summed E-state index contributed by atoms with van der Waals surface area (Å²) in [5, 5.41) is 11.7. The largest absolute Gasteiger partial charge is 0.486 e. The van der Waals surface area contributed by atoms with Crippen LogP contribution in [0, 0.1) is 0 Å². The van der Waals surface area contributed by atoms with Crippen LogP contribution in [-0.2, 0) is 17.9 Å². The number of aromatic nitrogens is 4. The topological polar surface area (TPSA) is 88.4 Å². The van der Waals surface area contributed by atoms with Crippen molar-refractivity contribution in [3.05, 3.63) is 28.5 Å². The van der Waals surface area contributed by atoms with E-state index in [4.69, 9.17) is 25.8 Å². The molecular formula is C15H17ClN4O4. The number of fused-ring (bicyclic) bond motifs is 1. The smallest absolute Gasteiger partial charge is 0.338 e. The van der Waals surface area contributed by atoms with E-state index < -0.39 is 5.97 Å². The molecule has 1 aromatic heterocycles. The van der Waals surface area contributed by atoms with Crippen LogP contribution in [0.25, 0.3) is 0 Å². The van der Waals surface area contributed by atoms with E-state index in [1.807, 2.05) is 0 Å². The minimum Gasteiger partial charge on any atom is -0.486 e. The monoisotopic (exact) mass is 352 g/mol. The fourth-order valence-electron chi connectivity index (χ4n) is 2.25. The summed E-state index contributed by atoms with van der Waals surface area (Å²) in [5.74, 6) is 0.857. The highest BCUT2D eigenvalue weighted by Gasteiger charge is 2.20. The van der Waals surface area contributed by atoms with Crippen LogP contribution in [0.2, 0.25) is 5.02 Å². The first-order valence-electron chi connectivity index (χ1n) is 7.70. The minimum absolute atomic E-state index is 0.0123. The van der Waals surface area contributed by atoms with E-state index in [1.54, 1.807) is 10.7 Å². The number of hydrogen-bond acceptors (Lipinski definition) is 7. The molecule has 1 aliphatic heterocycles. The lowest BCUT2D eigenvalue weighted by Gasteiger charge is -2.19. The molecule has 1 aromatic carbocycles. The Balaban J connectivity index is 1.67. The molecule has 0 N–H and O–H groups in total. The molecule has 0 atom stereocenters. The van der Waals surface area contributed by atoms with Crippen molar-refractivity contribution in [2.75, 3.05) is 13.2 Å². The first kappa shape index (κ1) is 16.5. The van der Waals surface area contributed by atoms with Gasteiger partial charge in [-0.05, 0) is 29.0 Å². The Morgan fingerprint density at radius 2 is 2.21 bits per heavy atom. The third kappa shape index (κ3) is 3.59. The number of esters is 1. The zero-order valence-corrected chi connectivity index (χ0v) is 14.0. The van der Waals surface area contributed by atoms with Gasteiger partial charge in [-0.2, -0.15) is 0 Å². The zero-order valence-electron chi connectivity index (χ0n) is 13.2. The summed E-state index contributed by atoms with van der Waals surface area (Å²) in [6.45, 7) is 3.59. The summed E-state index contributed by atoms with van der Waals surface area (Å²) < 4.78 is 17.8. The van der Waals surface area contributed by atoms with Gasteiger partial charge >= 0.3 is 5.97 Å². The maximum absolute atomic E-state index is 12.2. The molecule has 3 rings (SSSR count). The van der Waals surface area contributed by atoms with Gasteiger partial charge in [0.05, 0.1) is 10.6 Å². The highest BCUT2D eigenvalue weighted by atomic mass is 35.5. The number of benzene rings is 1. The van der Waals surface area contributed by atoms with Gasteiger partial charge in [-0.3, -0.25) is 0 Å². The van der Waals surface area contributed by atoms with E-state index >= 15 is 0 Å². The van der Waals surface area contributed by atoms with Gasteiger partial charge in [0.15, 0.2) is 23.9 Å². The van der Waals surface area contributed by atoms with E-state index in [0.29, 0.717) is 42.1 Å². The molecule has 0 aliphatic carbocycles. The zero-order chi connectivity index (χ0) is 16.9. The van der Waals surface area contributed by atoms with Crippen LogP contribution < -0.4 is 9.47 Å². The Bertz CT molecular complexity index is 734. The first-order valence-corrected chi connectivity index (χ1v) is 8.08. The number of nitrogens with zero attached hydrogens (tertiary/aromatic N) is 4. The van der Waals surface area contributed by atoms with Gasteiger partial charge in [-0.25, -0.2) is 9.48 Å². The highest BCUT2D eigenvalue weighted by molar-refractivity contribution is 6.32. The second kappa shape index (κ2) is 7.48. The number of unbranched alkanes of at least 4 members (excludes halogenated alkanes) is 1. The summed E-state index contributed by atoms with van der Waals surface area (Å²) in [4.78, 5) is 12.2. The molecule has 0 bridgehead atoms. The Morgan fingerprint density at radius 3 is 3.04 bits per heavy atom. The molecule has 2 aromatic rings. The average Bonchev–Trinajstić information content (AvgIpc) is 3.05. The molecule has 24 heavy (non-hydrogen) atoms. The van der Waals surface area contributed by atoms with Crippen LogP contribution in [0.4, 0.5) is 0 Å². The third-order valence-electron chi connectivity index (χ3n) is 3.49. The van der Waals surface area contributed by atoms with Crippen LogP contribution in [0.3, 0.4) is 0 Å². The lowest BCUT2D eigenvalue weighted by molar-refractivity contribution is 0.0455. The Labute approximate surface area is 143 Å². The lowest BCUT2D eigenvalue weighted by Crippen LogP contribution is -2.17. The molecule has 128 valence electrons. The molecule has 2 heterocycles. The van der Waals surface area contributed by atoms with Gasteiger partial charge in [-0.15, -0.1) is 5.10 Å². The van der Waals surface area contributed by atoms with Crippen molar-refractivity contribution in [1.82, 2.24) is 20.2 Å². The van der Waals surface area contributed by atoms with Crippen LogP contribution in [0.1, 0.15) is 35.9 Å². The molecule has 0 saturated heterocycles. The predicted octanol–water partition coefficient (Wildman–Crippen LogP) is 2.25. The number of hydrogen-bond donors (Lipinski definition) is 0. The minimum atomic E-state index is -0.529. The summed E-state index contributed by atoms with van der Waals surface area (Å²) in [5.41, 5.74) is 0.289. The van der Waals surface area contributed by atoms with Crippen molar-refractivity contribution in [2.45, 2.75) is 32.9 Å². The SMILES string of the molecule is CCCCn1nnnc1COC(=O)c1cc(Cl)c2c(c1)OCCO2. The van der Waals surface area contributed by atoms with Gasteiger partial charge < -0.3 is 14.2 Å². The van der Waals surface area contributed by atoms with Crippen LogP contribution in [0.5, 0.6) is 11.5 Å². The van der Waals surface area contributed by atoms with Crippen molar-refractivity contribution >= 4 is 17.6 Å². The quantitative estimate of drug-likeness (QED) is 0.736. The molecule has 9 heteroatoms. The van der Waals surface area contributed by atoms with Gasteiger partial charge in [0.2, 0.25) is 0 Å². The lowest BCUT2D eigenvalue weighted by atomic mass is 10.2. The fraction of sp³-hybridized carbons (Fsp3) is 0.467. The summed E-state index contributed by atoms with van der Waals surface area (Å²) in [7, 11) is 0. The van der Waals surface area contributed by atoms with E-state index in [0.717, 1.165) is 12.8 Å². The van der Waals surface area contributed by atoms with Gasteiger partial charge in [0, 0.05) is 6.54 Å². The second-order valence-corrected chi connectivity index (χ2v) is 5.64. The molecule has 1 aliphatic rings. The molecule has 0 saturated carbocycles. The van der Waals surface area contributed by atoms with Crippen molar-refractivity contribution in [2.24, 2.45) is 0 Å². The summed E-state index contributed by atoms with van der Waals surface area (Å²) in [6, 6.07) is 3.06. The van der Waals surface area contributed by atoms with Crippen molar-refractivity contribution in [3.63, 3.8) is 0 Å². The molecule has 8 nitrogen and oxygen atoms in total. The van der Waals surface area contributed by atoms with E-state index in [9.17, 15) is 4.79 Å². The standard InChI is InChI=1S/C15H17ClN4O4/c1-2-3-4-20-13(17-18-19-20)9-24-15(21)10-7-11(16)14-12(8-10)22-5-6-23-14/h7-8H,2-6,9H2,1H3. The van der Waals surface area contributed by atoms with Crippen LogP contribution >= 0.6 is 11.6 Å². The number of carbonyl (C=O) groups is 1. The average molecular weight is 353 g/mol. The number of tetrazole rings is 1. The number of rotatable bonds is 6. The molecule has 0 radical (unpaired) electrons. The predicted molar refractivity (Wildman–Crippen MR) is 84.3 cm³/mol. The number of aryl methyl sites for hydroxylation is 1. The Morgan fingerprint density at radius 1 is 1.38 bits per heavy atom. The Hall–Kier alpha value is -2.35. The first-order chi connectivity index (χ1) is 11.7. The number of halogens is 1.